The molecule has 0 rings (SSSR count). The molecule has 1 atom stereocenters. The third kappa shape index (κ3) is 5.19. The number of nitrogens with two attached hydrogens (primary N) is 1. The normalized spacial score (nSPS) is 11.9. The molecule has 0 saturated heterocycles. The van der Waals surface area contributed by atoms with Gasteiger partial charge in [-0.05, 0) is 6.42 Å². The molecule has 5 heteroatoms. The summed E-state index contributed by atoms with van der Waals surface area (Å²) in [6.45, 7) is 4.07. The second-order valence-electron chi connectivity index (χ2n) is 2.74. The number of nitrogens with one attached hydrogen (secondary N) is 2. The van der Waals surface area contributed by atoms with Crippen LogP contribution >= 0.6 is 0 Å². The first-order valence-corrected chi connectivity index (χ1v) is 4.36. The molecule has 0 radical (unpaired) electrons. The van der Waals surface area contributed by atoms with Crippen molar-refractivity contribution in [3.8, 4) is 0 Å². The molecular weight excluding hydrogens is 170 g/mol. The Labute approximate surface area is 78.1 Å². The van der Waals surface area contributed by atoms with Crippen LogP contribution in [-0.4, -0.2) is 30.9 Å². The molecule has 2 amide bonds. The van der Waals surface area contributed by atoms with Gasteiger partial charge in [-0.3, -0.25) is 9.59 Å². The van der Waals surface area contributed by atoms with E-state index in [9.17, 15) is 9.59 Å². The van der Waals surface area contributed by atoms with Crippen molar-refractivity contribution in [3.05, 3.63) is 0 Å². The highest BCUT2D eigenvalue weighted by Crippen LogP contribution is 1.90. The maximum Gasteiger partial charge on any atom is 0.242 e. The Hall–Kier alpha value is -1.10. The summed E-state index contributed by atoms with van der Waals surface area (Å²) >= 11 is 0. The van der Waals surface area contributed by atoms with Crippen LogP contribution in [0.15, 0.2) is 0 Å². The Morgan fingerprint density at radius 2 is 2.08 bits per heavy atom. The molecule has 13 heavy (non-hydrogen) atoms. The zero-order valence-corrected chi connectivity index (χ0v) is 8.09. The van der Waals surface area contributed by atoms with Gasteiger partial charge in [0, 0.05) is 20.0 Å². The van der Waals surface area contributed by atoms with Gasteiger partial charge in [-0.1, -0.05) is 6.92 Å². The van der Waals surface area contributed by atoms with Crippen LogP contribution in [0.2, 0.25) is 0 Å². The molecule has 1 unspecified atom stereocenters. The Morgan fingerprint density at radius 3 is 2.46 bits per heavy atom. The highest BCUT2D eigenvalue weighted by Gasteiger charge is 2.15. The monoisotopic (exact) mass is 187 g/mol. The lowest BCUT2D eigenvalue weighted by Crippen LogP contribution is -2.46. The highest BCUT2D eigenvalue weighted by atomic mass is 16.2. The zero-order chi connectivity index (χ0) is 10.3. The summed E-state index contributed by atoms with van der Waals surface area (Å²) in [5, 5.41) is 5.16. The Balaban J connectivity index is 3.92. The van der Waals surface area contributed by atoms with Crippen molar-refractivity contribution in [1.82, 2.24) is 10.6 Å². The first kappa shape index (κ1) is 11.9. The predicted molar refractivity (Wildman–Crippen MR) is 50.0 cm³/mol. The third-order valence-electron chi connectivity index (χ3n) is 1.55. The SMILES string of the molecule is CCC(NC(C)=O)C(=O)NCCN. The second-order valence-corrected chi connectivity index (χ2v) is 2.74. The average Bonchev–Trinajstić information content (AvgIpc) is 2.09. The van der Waals surface area contributed by atoms with Crippen molar-refractivity contribution in [2.75, 3.05) is 13.1 Å². The van der Waals surface area contributed by atoms with Crippen molar-refractivity contribution in [3.63, 3.8) is 0 Å². The highest BCUT2D eigenvalue weighted by molar-refractivity contribution is 5.86. The first-order chi connectivity index (χ1) is 6.11. The minimum Gasteiger partial charge on any atom is -0.353 e. The van der Waals surface area contributed by atoms with E-state index in [1.165, 1.54) is 6.92 Å². The van der Waals surface area contributed by atoms with Gasteiger partial charge in [0.05, 0.1) is 0 Å². The topological polar surface area (TPSA) is 84.2 Å². The van der Waals surface area contributed by atoms with Gasteiger partial charge in [-0.15, -0.1) is 0 Å². The van der Waals surface area contributed by atoms with Crippen molar-refractivity contribution >= 4 is 11.8 Å². The fraction of sp³-hybridized carbons (Fsp3) is 0.750. The van der Waals surface area contributed by atoms with Gasteiger partial charge >= 0.3 is 0 Å². The van der Waals surface area contributed by atoms with Crippen molar-refractivity contribution < 1.29 is 9.59 Å². The molecule has 0 saturated carbocycles. The fourth-order valence-electron chi connectivity index (χ4n) is 0.917. The van der Waals surface area contributed by atoms with E-state index in [2.05, 4.69) is 10.6 Å². The summed E-state index contributed by atoms with van der Waals surface area (Å²) in [6, 6.07) is -0.441. The third-order valence-corrected chi connectivity index (χ3v) is 1.55. The molecule has 0 bridgehead atoms. The zero-order valence-electron chi connectivity index (χ0n) is 8.09. The maximum atomic E-state index is 11.3. The molecule has 5 nitrogen and oxygen atoms in total. The van der Waals surface area contributed by atoms with Gasteiger partial charge in [0.15, 0.2) is 0 Å². The van der Waals surface area contributed by atoms with Crippen molar-refractivity contribution in [1.29, 1.82) is 0 Å². The van der Waals surface area contributed by atoms with Crippen molar-refractivity contribution in [2.24, 2.45) is 5.73 Å². The Bertz CT molecular complexity index is 182. The van der Waals surface area contributed by atoms with Crippen LogP contribution in [0.3, 0.4) is 0 Å². The molecule has 0 aliphatic rings. The van der Waals surface area contributed by atoms with Gasteiger partial charge in [0.1, 0.15) is 6.04 Å². The van der Waals surface area contributed by atoms with E-state index in [1.807, 2.05) is 6.92 Å². The average molecular weight is 187 g/mol. The number of hydrogen-bond donors (Lipinski definition) is 3. The molecule has 0 aromatic rings. The lowest BCUT2D eigenvalue weighted by molar-refractivity contribution is -0.128. The molecule has 0 aliphatic carbocycles. The molecule has 0 heterocycles. The van der Waals surface area contributed by atoms with Crippen LogP contribution in [0.25, 0.3) is 0 Å². The molecular formula is C8H17N3O2. The van der Waals surface area contributed by atoms with Crippen LogP contribution in [0, 0.1) is 0 Å². The number of carbonyl (C=O) groups is 2. The standard InChI is InChI=1S/C8H17N3O2/c1-3-7(11-6(2)12)8(13)10-5-4-9/h7H,3-5,9H2,1-2H3,(H,10,13)(H,11,12). The second kappa shape index (κ2) is 6.42. The van der Waals surface area contributed by atoms with Crippen LogP contribution in [0.5, 0.6) is 0 Å². The van der Waals surface area contributed by atoms with Gasteiger partial charge in [-0.25, -0.2) is 0 Å². The maximum absolute atomic E-state index is 11.3. The number of rotatable bonds is 5. The van der Waals surface area contributed by atoms with E-state index in [0.29, 0.717) is 19.5 Å². The van der Waals surface area contributed by atoms with Gasteiger partial charge in [-0.2, -0.15) is 0 Å². The van der Waals surface area contributed by atoms with Crippen LogP contribution in [-0.2, 0) is 9.59 Å². The first-order valence-electron chi connectivity index (χ1n) is 4.36. The van der Waals surface area contributed by atoms with E-state index in [-0.39, 0.29) is 11.8 Å². The largest absolute Gasteiger partial charge is 0.353 e. The summed E-state index contributed by atoms with van der Waals surface area (Å²) in [4.78, 5) is 22.0. The molecule has 0 aliphatic heterocycles. The minimum absolute atomic E-state index is 0.178. The molecule has 0 aromatic heterocycles. The van der Waals surface area contributed by atoms with Gasteiger partial charge in [0.25, 0.3) is 0 Å². The van der Waals surface area contributed by atoms with Crippen LogP contribution in [0.1, 0.15) is 20.3 Å². The molecule has 0 aromatic carbocycles. The Morgan fingerprint density at radius 1 is 1.46 bits per heavy atom. The van der Waals surface area contributed by atoms with E-state index in [1.54, 1.807) is 0 Å². The van der Waals surface area contributed by atoms with E-state index in [0.717, 1.165) is 0 Å². The molecule has 76 valence electrons. The van der Waals surface area contributed by atoms with Gasteiger partial charge < -0.3 is 16.4 Å². The Kier molecular flexibility index (Phi) is 5.88. The number of carbonyl (C=O) groups excluding carboxylic acids is 2. The summed E-state index contributed by atoms with van der Waals surface area (Å²) in [6.07, 6.45) is 0.579. The van der Waals surface area contributed by atoms with E-state index < -0.39 is 6.04 Å². The predicted octanol–water partition coefficient (Wildman–Crippen LogP) is -1.02. The summed E-state index contributed by atoms with van der Waals surface area (Å²) in [5.41, 5.74) is 5.22. The number of hydrogen-bond acceptors (Lipinski definition) is 3. The smallest absolute Gasteiger partial charge is 0.242 e. The van der Waals surface area contributed by atoms with Gasteiger partial charge in [0.2, 0.25) is 11.8 Å². The fourth-order valence-corrected chi connectivity index (χ4v) is 0.917. The van der Waals surface area contributed by atoms with Crippen molar-refractivity contribution in [2.45, 2.75) is 26.3 Å². The summed E-state index contributed by atoms with van der Waals surface area (Å²) in [7, 11) is 0. The number of amides is 2. The van der Waals surface area contributed by atoms with Crippen LogP contribution < -0.4 is 16.4 Å². The lowest BCUT2D eigenvalue weighted by Gasteiger charge is -2.14. The lowest BCUT2D eigenvalue weighted by atomic mass is 10.2. The van der Waals surface area contributed by atoms with E-state index in [4.69, 9.17) is 5.73 Å². The minimum atomic E-state index is -0.441. The van der Waals surface area contributed by atoms with E-state index >= 15 is 0 Å². The molecule has 0 fully saturated rings. The summed E-state index contributed by atoms with van der Waals surface area (Å²) < 4.78 is 0. The van der Waals surface area contributed by atoms with Crippen LogP contribution in [0.4, 0.5) is 0 Å². The quantitative estimate of drug-likeness (QED) is 0.515. The molecule has 4 N–H and O–H groups in total. The molecule has 0 spiro atoms. The summed E-state index contributed by atoms with van der Waals surface area (Å²) in [5.74, 6) is -0.377.